The lowest BCUT2D eigenvalue weighted by Crippen LogP contribution is -2.16. The Hall–Kier alpha value is -0.600. The Morgan fingerprint density at radius 2 is 1.61 bits per heavy atom. The predicted octanol–water partition coefficient (Wildman–Crippen LogP) is 4.00. The van der Waals surface area contributed by atoms with Crippen LogP contribution in [-0.4, -0.2) is 22.9 Å². The van der Waals surface area contributed by atoms with Crippen LogP contribution in [0, 0.1) is 0 Å². The topological polar surface area (TPSA) is 32.8 Å². The number of ether oxygens (including phenoxy) is 1. The van der Waals surface area contributed by atoms with Gasteiger partial charge in [0.15, 0.2) is 0 Å². The van der Waals surface area contributed by atoms with Crippen molar-refractivity contribution >= 4 is 0 Å². The van der Waals surface area contributed by atoms with E-state index in [0.717, 1.165) is 25.7 Å². The molecule has 104 valence electrons. The maximum Gasteiger partial charge on any atom is 0.0949 e. The van der Waals surface area contributed by atoms with Gasteiger partial charge in [-0.2, -0.15) is 0 Å². The minimum Gasteiger partial charge on any atom is -0.392 e. The van der Waals surface area contributed by atoms with Crippen molar-refractivity contribution in [2.24, 2.45) is 0 Å². The fourth-order valence-electron chi connectivity index (χ4n) is 2.23. The molecule has 1 rings (SSSR count). The molecule has 1 aliphatic heterocycles. The van der Waals surface area contributed by atoms with Crippen molar-refractivity contribution in [1.29, 1.82) is 0 Å². The number of rotatable bonds is 7. The molecule has 0 amide bonds. The lowest BCUT2D eigenvalue weighted by molar-refractivity contribution is 0.277. The van der Waals surface area contributed by atoms with Gasteiger partial charge >= 0.3 is 0 Å². The van der Waals surface area contributed by atoms with Crippen molar-refractivity contribution in [2.75, 3.05) is 6.61 Å². The lowest BCUT2D eigenvalue weighted by Gasteiger charge is -2.09. The summed E-state index contributed by atoms with van der Waals surface area (Å²) in [6.07, 6.45) is 8.51. The largest absolute Gasteiger partial charge is 0.392 e. The van der Waals surface area contributed by atoms with Gasteiger partial charge in [-0.25, -0.2) is 0 Å². The van der Waals surface area contributed by atoms with E-state index in [1.165, 1.54) is 11.1 Å². The Balaban J connectivity index is 2.25. The zero-order valence-corrected chi connectivity index (χ0v) is 12.5. The van der Waals surface area contributed by atoms with E-state index in [1.807, 2.05) is 6.08 Å². The summed E-state index contributed by atoms with van der Waals surface area (Å²) in [5, 5.41) is 8.77. The van der Waals surface area contributed by atoms with E-state index in [1.54, 1.807) is 0 Å². The van der Waals surface area contributed by atoms with Crippen LogP contribution in [0.4, 0.5) is 0 Å². The first kappa shape index (κ1) is 15.5. The highest BCUT2D eigenvalue weighted by Gasteiger charge is 2.59. The molecule has 0 aromatic heterocycles. The summed E-state index contributed by atoms with van der Waals surface area (Å²) in [7, 11) is 0. The molecule has 0 spiro atoms. The Kier molecular flexibility index (Phi) is 5.18. The Labute approximate surface area is 112 Å². The molecule has 0 radical (unpaired) electrons. The molecule has 18 heavy (non-hydrogen) atoms. The normalized spacial score (nSPS) is 27.4. The van der Waals surface area contributed by atoms with Crippen LogP contribution in [-0.2, 0) is 4.74 Å². The van der Waals surface area contributed by atoms with E-state index >= 15 is 0 Å². The lowest BCUT2D eigenvalue weighted by atomic mass is 9.91. The van der Waals surface area contributed by atoms with Gasteiger partial charge in [0, 0.05) is 0 Å². The standard InChI is InChI=1S/C16H28O2/c1-13(7-6-8-14(2)10-12-17)9-11-16(5)15(3,4)18-16/h7,10,17H,6,8-9,11-12H2,1-5H3. The van der Waals surface area contributed by atoms with Gasteiger partial charge in [-0.1, -0.05) is 23.3 Å². The zero-order valence-electron chi connectivity index (χ0n) is 12.5. The van der Waals surface area contributed by atoms with Crippen LogP contribution in [0.1, 0.15) is 60.3 Å². The van der Waals surface area contributed by atoms with Crippen LogP contribution >= 0.6 is 0 Å². The molecule has 0 aromatic rings. The monoisotopic (exact) mass is 252 g/mol. The number of aliphatic hydroxyl groups excluding tert-OH is 1. The Morgan fingerprint density at radius 1 is 1.06 bits per heavy atom. The third-order valence-corrected chi connectivity index (χ3v) is 4.18. The molecule has 1 saturated heterocycles. The fourth-order valence-corrected chi connectivity index (χ4v) is 2.23. The summed E-state index contributed by atoms with van der Waals surface area (Å²) in [6, 6.07) is 0. The summed E-state index contributed by atoms with van der Waals surface area (Å²) >= 11 is 0. The fraction of sp³-hybridized carbons (Fsp3) is 0.750. The van der Waals surface area contributed by atoms with Crippen LogP contribution in [0.3, 0.4) is 0 Å². The third-order valence-electron chi connectivity index (χ3n) is 4.18. The van der Waals surface area contributed by atoms with Crippen molar-refractivity contribution in [3.05, 3.63) is 23.3 Å². The molecule has 0 aromatic carbocycles. The zero-order chi connectivity index (χ0) is 13.8. The van der Waals surface area contributed by atoms with Crippen molar-refractivity contribution in [3.8, 4) is 0 Å². The predicted molar refractivity (Wildman–Crippen MR) is 76.6 cm³/mol. The number of hydrogen-bond donors (Lipinski definition) is 1. The molecule has 0 aliphatic carbocycles. The number of epoxide rings is 1. The highest BCUT2D eigenvalue weighted by Crippen LogP contribution is 2.50. The van der Waals surface area contributed by atoms with Gasteiger partial charge in [0.2, 0.25) is 0 Å². The SMILES string of the molecule is CC(=CCO)CCC=C(C)CCC1(C)OC1(C)C. The van der Waals surface area contributed by atoms with Crippen molar-refractivity contribution in [3.63, 3.8) is 0 Å². The number of hydrogen-bond acceptors (Lipinski definition) is 2. The molecular weight excluding hydrogens is 224 g/mol. The molecule has 1 aliphatic rings. The van der Waals surface area contributed by atoms with Gasteiger partial charge in [-0.3, -0.25) is 0 Å². The first-order valence-corrected chi connectivity index (χ1v) is 6.93. The van der Waals surface area contributed by atoms with Crippen molar-refractivity contribution < 1.29 is 9.84 Å². The van der Waals surface area contributed by atoms with Crippen LogP contribution < -0.4 is 0 Å². The molecule has 1 atom stereocenters. The summed E-state index contributed by atoms with van der Waals surface area (Å²) in [6.45, 7) is 10.9. The second-order valence-corrected chi connectivity index (χ2v) is 6.17. The smallest absolute Gasteiger partial charge is 0.0949 e. The van der Waals surface area contributed by atoms with Crippen LogP contribution in [0.5, 0.6) is 0 Å². The van der Waals surface area contributed by atoms with E-state index in [-0.39, 0.29) is 17.8 Å². The van der Waals surface area contributed by atoms with E-state index in [9.17, 15) is 0 Å². The van der Waals surface area contributed by atoms with Crippen molar-refractivity contribution in [2.45, 2.75) is 71.5 Å². The van der Waals surface area contributed by atoms with E-state index in [4.69, 9.17) is 9.84 Å². The minimum absolute atomic E-state index is 0.0632. The summed E-state index contributed by atoms with van der Waals surface area (Å²) in [4.78, 5) is 0. The maximum absolute atomic E-state index is 8.77. The molecule has 0 bridgehead atoms. The molecule has 1 unspecified atom stereocenters. The highest BCUT2D eigenvalue weighted by atomic mass is 16.6. The second kappa shape index (κ2) is 6.03. The molecule has 1 fully saturated rings. The van der Waals surface area contributed by atoms with Crippen LogP contribution in [0.15, 0.2) is 23.3 Å². The first-order chi connectivity index (χ1) is 8.31. The molecule has 0 saturated carbocycles. The Bertz CT molecular complexity index is 339. The molecule has 2 nitrogen and oxygen atoms in total. The first-order valence-electron chi connectivity index (χ1n) is 6.93. The van der Waals surface area contributed by atoms with Gasteiger partial charge in [0.1, 0.15) is 0 Å². The highest BCUT2D eigenvalue weighted by molar-refractivity contribution is 5.11. The molecule has 1 N–H and O–H groups in total. The van der Waals surface area contributed by atoms with E-state index in [2.05, 4.69) is 40.7 Å². The molecule has 1 heterocycles. The summed E-state index contributed by atoms with van der Waals surface area (Å²) < 4.78 is 5.75. The average molecular weight is 252 g/mol. The quantitative estimate of drug-likeness (QED) is 0.549. The minimum atomic E-state index is 0.0632. The average Bonchev–Trinajstić information content (AvgIpc) is 2.76. The van der Waals surface area contributed by atoms with Gasteiger partial charge in [-0.05, 0) is 60.3 Å². The van der Waals surface area contributed by atoms with Gasteiger partial charge in [0.05, 0.1) is 17.8 Å². The maximum atomic E-state index is 8.77. The van der Waals surface area contributed by atoms with Gasteiger partial charge in [-0.15, -0.1) is 0 Å². The molecular formula is C16H28O2. The van der Waals surface area contributed by atoms with Gasteiger partial charge < -0.3 is 9.84 Å². The summed E-state index contributed by atoms with van der Waals surface area (Å²) in [5.41, 5.74) is 2.85. The van der Waals surface area contributed by atoms with Crippen molar-refractivity contribution in [1.82, 2.24) is 0 Å². The number of aliphatic hydroxyl groups is 1. The Morgan fingerprint density at radius 3 is 2.11 bits per heavy atom. The summed E-state index contributed by atoms with van der Waals surface area (Å²) in [5.74, 6) is 0. The van der Waals surface area contributed by atoms with Crippen LogP contribution in [0.2, 0.25) is 0 Å². The molecule has 2 heteroatoms. The van der Waals surface area contributed by atoms with E-state index < -0.39 is 0 Å². The van der Waals surface area contributed by atoms with Crippen LogP contribution in [0.25, 0.3) is 0 Å². The van der Waals surface area contributed by atoms with Gasteiger partial charge in [0.25, 0.3) is 0 Å². The second-order valence-electron chi connectivity index (χ2n) is 6.17. The number of allylic oxidation sites excluding steroid dienone is 3. The third kappa shape index (κ3) is 4.25. The van der Waals surface area contributed by atoms with E-state index in [0.29, 0.717) is 0 Å².